The van der Waals surface area contributed by atoms with Gasteiger partial charge in [0.25, 0.3) is 0 Å². The lowest BCUT2D eigenvalue weighted by Crippen LogP contribution is -2.45. The van der Waals surface area contributed by atoms with Crippen LogP contribution in [0, 0.1) is 10.1 Å². The zero-order valence-electron chi connectivity index (χ0n) is 13.2. The third-order valence-corrected chi connectivity index (χ3v) is 3.87. The molecule has 25 heavy (non-hydrogen) atoms. The fourth-order valence-corrected chi connectivity index (χ4v) is 2.75. The molecule has 1 aliphatic heterocycles. The fraction of sp³-hybridized carbons (Fsp3) is 0.571. The number of nitrogens with one attached hydrogen (secondary N) is 1. The summed E-state index contributed by atoms with van der Waals surface area (Å²) in [7, 11) is 0. The summed E-state index contributed by atoms with van der Waals surface area (Å²) in [5.74, 6) is -0.492. The molecule has 1 aliphatic rings. The molecule has 144 valence electrons. The first-order valence-corrected chi connectivity index (χ1v) is 7.27. The summed E-state index contributed by atoms with van der Waals surface area (Å²) in [5.41, 5.74) is -0.0738. The van der Waals surface area contributed by atoms with Gasteiger partial charge in [0.05, 0.1) is 4.92 Å². The number of aromatic hydroxyl groups is 1. The topological polar surface area (TPSA) is 78.6 Å². The van der Waals surface area contributed by atoms with Crippen molar-refractivity contribution < 1.29 is 23.2 Å². The first-order chi connectivity index (χ1) is 10.8. The van der Waals surface area contributed by atoms with Crippen molar-refractivity contribution in [2.45, 2.75) is 25.1 Å². The molecule has 1 saturated heterocycles. The highest BCUT2D eigenvalue weighted by Gasteiger charge is 2.32. The van der Waals surface area contributed by atoms with Crippen molar-refractivity contribution in [3.05, 3.63) is 33.9 Å². The van der Waals surface area contributed by atoms with Crippen LogP contribution in [0.2, 0.25) is 0 Å². The summed E-state index contributed by atoms with van der Waals surface area (Å²) in [5, 5.41) is 23.6. The number of alkyl halides is 3. The molecule has 6 nitrogen and oxygen atoms in total. The van der Waals surface area contributed by atoms with Gasteiger partial charge in [-0.2, -0.15) is 13.2 Å². The molecule has 2 N–H and O–H groups in total. The molecule has 1 atom stereocenters. The average molecular weight is 406 g/mol. The Balaban J connectivity index is 0.00000288. The summed E-state index contributed by atoms with van der Waals surface area (Å²) in [4.78, 5) is 12.1. The average Bonchev–Trinajstić information content (AvgIpc) is 2.48. The molecule has 0 bridgehead atoms. The number of nitrogens with zero attached hydrogens (tertiary/aromatic N) is 2. The van der Waals surface area contributed by atoms with Gasteiger partial charge < -0.3 is 10.4 Å². The third kappa shape index (κ3) is 6.85. The Kier molecular flexibility index (Phi) is 9.49. The molecule has 2 rings (SSSR count). The Bertz CT molecular complexity index is 570. The van der Waals surface area contributed by atoms with Gasteiger partial charge in [0.1, 0.15) is 0 Å². The Labute approximate surface area is 155 Å². The molecule has 0 unspecified atom stereocenters. The normalized spacial score (nSPS) is 16.4. The summed E-state index contributed by atoms with van der Waals surface area (Å²) in [6, 6.07) is 3.21. The molecule has 1 aromatic carbocycles. The number of piperazine rings is 1. The Morgan fingerprint density at radius 1 is 1.28 bits per heavy atom. The van der Waals surface area contributed by atoms with E-state index in [1.807, 2.05) is 4.90 Å². The molecule has 0 radical (unpaired) electrons. The van der Waals surface area contributed by atoms with Crippen LogP contribution in [-0.2, 0) is 0 Å². The number of hydrogen-bond donors (Lipinski definition) is 2. The van der Waals surface area contributed by atoms with Crippen molar-refractivity contribution in [3.8, 4) is 5.75 Å². The molecule has 1 heterocycles. The Hall–Kier alpha value is -1.29. The van der Waals surface area contributed by atoms with Crippen LogP contribution in [0.1, 0.15) is 24.4 Å². The van der Waals surface area contributed by atoms with Crippen molar-refractivity contribution in [2.75, 3.05) is 26.2 Å². The summed E-state index contributed by atoms with van der Waals surface area (Å²) in [6.07, 6.45) is -5.42. The van der Waals surface area contributed by atoms with Crippen LogP contribution < -0.4 is 5.32 Å². The quantitative estimate of drug-likeness (QED) is 0.579. The maximum absolute atomic E-state index is 12.6. The van der Waals surface area contributed by atoms with E-state index in [0.29, 0.717) is 31.7 Å². The van der Waals surface area contributed by atoms with Gasteiger partial charge in [0.15, 0.2) is 5.75 Å². The lowest BCUT2D eigenvalue weighted by Gasteiger charge is -2.35. The van der Waals surface area contributed by atoms with E-state index < -0.39 is 35.0 Å². The van der Waals surface area contributed by atoms with Gasteiger partial charge in [-0.05, 0) is 18.1 Å². The number of nitro groups is 1. The Morgan fingerprint density at radius 3 is 2.40 bits per heavy atom. The summed E-state index contributed by atoms with van der Waals surface area (Å²) < 4.78 is 37.8. The van der Waals surface area contributed by atoms with Gasteiger partial charge in [0, 0.05) is 44.7 Å². The van der Waals surface area contributed by atoms with Crippen LogP contribution in [0.25, 0.3) is 0 Å². The van der Waals surface area contributed by atoms with Crippen LogP contribution >= 0.6 is 24.8 Å². The molecule has 0 spiro atoms. The van der Waals surface area contributed by atoms with Crippen molar-refractivity contribution in [2.24, 2.45) is 0 Å². The second-order valence-electron chi connectivity index (χ2n) is 5.46. The molecule has 0 aromatic heterocycles. The minimum Gasteiger partial charge on any atom is -0.502 e. The van der Waals surface area contributed by atoms with E-state index in [9.17, 15) is 28.4 Å². The SMILES string of the molecule is Cl.Cl.O=[N+]([O-])c1cc([C@@H](CCC(F)(F)F)N2CCNCC2)ccc1O. The number of benzene rings is 1. The lowest BCUT2D eigenvalue weighted by atomic mass is 9.98. The van der Waals surface area contributed by atoms with Crippen LogP contribution in [0.3, 0.4) is 0 Å². The van der Waals surface area contributed by atoms with Gasteiger partial charge in [-0.25, -0.2) is 0 Å². The minimum absolute atomic E-state index is 0. The highest BCUT2D eigenvalue weighted by Crippen LogP contribution is 2.35. The number of nitro benzene ring substituents is 1. The van der Waals surface area contributed by atoms with E-state index in [4.69, 9.17) is 0 Å². The molecule has 0 saturated carbocycles. The van der Waals surface area contributed by atoms with Crippen molar-refractivity contribution in [1.29, 1.82) is 0 Å². The predicted molar refractivity (Wildman–Crippen MR) is 91.7 cm³/mol. The van der Waals surface area contributed by atoms with Crippen LogP contribution in [0.5, 0.6) is 5.75 Å². The number of hydrogen-bond acceptors (Lipinski definition) is 5. The Morgan fingerprint density at radius 2 is 1.88 bits per heavy atom. The second-order valence-corrected chi connectivity index (χ2v) is 5.46. The predicted octanol–water partition coefficient (Wildman–Crippen LogP) is 3.43. The molecule has 1 fully saturated rings. The van der Waals surface area contributed by atoms with Crippen LogP contribution in [0.15, 0.2) is 18.2 Å². The van der Waals surface area contributed by atoms with E-state index in [1.165, 1.54) is 12.1 Å². The van der Waals surface area contributed by atoms with Crippen molar-refractivity contribution in [3.63, 3.8) is 0 Å². The monoisotopic (exact) mass is 405 g/mol. The van der Waals surface area contributed by atoms with Gasteiger partial charge in [-0.3, -0.25) is 15.0 Å². The second kappa shape index (κ2) is 10.0. The minimum atomic E-state index is -4.28. The van der Waals surface area contributed by atoms with Gasteiger partial charge in [-0.15, -0.1) is 24.8 Å². The van der Waals surface area contributed by atoms with Crippen molar-refractivity contribution >= 4 is 30.5 Å². The fourth-order valence-electron chi connectivity index (χ4n) is 2.75. The largest absolute Gasteiger partial charge is 0.502 e. The highest BCUT2D eigenvalue weighted by atomic mass is 35.5. The summed E-state index contributed by atoms with van der Waals surface area (Å²) in [6.45, 7) is 2.44. The van der Waals surface area contributed by atoms with Gasteiger partial charge >= 0.3 is 11.9 Å². The maximum Gasteiger partial charge on any atom is 0.389 e. The van der Waals surface area contributed by atoms with E-state index in [0.717, 1.165) is 6.07 Å². The molecular weight excluding hydrogens is 386 g/mol. The third-order valence-electron chi connectivity index (χ3n) is 3.87. The smallest absolute Gasteiger partial charge is 0.389 e. The van der Waals surface area contributed by atoms with E-state index in [-0.39, 0.29) is 31.2 Å². The zero-order valence-corrected chi connectivity index (χ0v) is 14.8. The van der Waals surface area contributed by atoms with E-state index >= 15 is 0 Å². The number of rotatable bonds is 5. The standard InChI is InChI=1S/C14H18F3N3O3.2ClH/c15-14(16,17)4-3-11(19-7-5-18-6-8-19)10-1-2-13(21)12(9-10)20(22)23;;/h1-2,9,11,18,21H,3-8H2;2*1H/t11-;;/m1../s1. The number of halogens is 5. The molecular formula is C14H20Cl2F3N3O3. The highest BCUT2D eigenvalue weighted by molar-refractivity contribution is 5.85. The first kappa shape index (κ1) is 23.7. The van der Waals surface area contributed by atoms with Crippen molar-refractivity contribution in [1.82, 2.24) is 10.2 Å². The lowest BCUT2D eigenvalue weighted by molar-refractivity contribution is -0.386. The van der Waals surface area contributed by atoms with Crippen LogP contribution in [-0.4, -0.2) is 47.3 Å². The molecule has 1 aromatic rings. The maximum atomic E-state index is 12.6. The summed E-state index contributed by atoms with van der Waals surface area (Å²) >= 11 is 0. The van der Waals surface area contributed by atoms with Gasteiger partial charge in [0.2, 0.25) is 0 Å². The first-order valence-electron chi connectivity index (χ1n) is 7.27. The number of phenols is 1. The van der Waals surface area contributed by atoms with Crippen LogP contribution in [0.4, 0.5) is 18.9 Å². The number of phenolic OH excluding ortho intramolecular Hbond substituents is 1. The molecule has 0 aliphatic carbocycles. The van der Waals surface area contributed by atoms with E-state index in [1.54, 1.807) is 0 Å². The zero-order chi connectivity index (χ0) is 17.0. The van der Waals surface area contributed by atoms with Gasteiger partial charge in [-0.1, -0.05) is 6.07 Å². The van der Waals surface area contributed by atoms with E-state index in [2.05, 4.69) is 5.32 Å². The molecule has 0 amide bonds. The molecule has 11 heteroatoms.